The molecule has 0 aliphatic carbocycles. The molecule has 2 aromatic carbocycles. The Hall–Kier alpha value is -4.92. The van der Waals surface area contributed by atoms with Gasteiger partial charge in [0.15, 0.2) is 5.76 Å². The number of nitrogens with one attached hydrogen (secondary N) is 1. The Morgan fingerprint density at radius 3 is 2.63 bits per heavy atom. The number of nitrogens with two attached hydrogens (primary N) is 1. The molecule has 1 atom stereocenters. The minimum absolute atomic E-state index is 0.151. The number of aromatic nitrogens is 3. The second-order valence-corrected chi connectivity index (χ2v) is 9.50. The third-order valence-electron chi connectivity index (χ3n) is 6.85. The topological polar surface area (TPSA) is 119 Å². The molecule has 5 aromatic rings. The summed E-state index contributed by atoms with van der Waals surface area (Å²) in [6.07, 6.45) is 5.80. The molecular weight excluding hydrogens is 480 g/mol. The zero-order valence-corrected chi connectivity index (χ0v) is 20.8. The lowest BCUT2D eigenvalue weighted by atomic mass is 10.0. The van der Waals surface area contributed by atoms with Crippen molar-refractivity contribution in [3.8, 4) is 22.3 Å². The number of nitrogens with zero attached hydrogens (tertiary/aromatic N) is 4. The molecule has 0 spiro atoms. The number of benzene rings is 2. The third kappa shape index (κ3) is 4.50. The lowest BCUT2D eigenvalue weighted by Gasteiger charge is -2.16. The Bertz CT molecular complexity index is 1660. The first-order valence-corrected chi connectivity index (χ1v) is 12.4. The molecule has 2 amide bonds. The maximum absolute atomic E-state index is 13.2. The van der Waals surface area contributed by atoms with Crippen LogP contribution in [0, 0.1) is 0 Å². The number of likely N-dealkylation sites (tertiary alicyclic amines) is 1. The number of rotatable bonds is 5. The van der Waals surface area contributed by atoms with Gasteiger partial charge in [0.05, 0.1) is 11.8 Å². The molecule has 1 aliphatic heterocycles. The van der Waals surface area contributed by atoms with E-state index < -0.39 is 0 Å². The van der Waals surface area contributed by atoms with E-state index in [4.69, 9.17) is 10.2 Å². The molecule has 1 fully saturated rings. The lowest BCUT2D eigenvalue weighted by molar-refractivity contribution is 0.0755. The van der Waals surface area contributed by atoms with Gasteiger partial charge >= 0.3 is 0 Å². The molecule has 1 aliphatic rings. The second-order valence-electron chi connectivity index (χ2n) is 9.50. The standard InChI is InChI=1S/C29H26N6O3/c1-34-16-22(15-32-34)21-12-24(27(30)31-14-21)28(36)33-23-9-10-35(17-23)29(37)26-13-20-11-19(7-8-25(20)38-26)18-5-3-2-4-6-18/h2-8,11-16,23H,9-10,17H2,1H3,(H2,30,31)(H,33,36)/t23-/m1/s1. The van der Waals surface area contributed by atoms with Crippen LogP contribution in [0.1, 0.15) is 27.3 Å². The van der Waals surface area contributed by atoms with Gasteiger partial charge in [0.1, 0.15) is 11.4 Å². The summed E-state index contributed by atoms with van der Waals surface area (Å²) in [6.45, 7) is 0.895. The summed E-state index contributed by atoms with van der Waals surface area (Å²) in [4.78, 5) is 32.2. The fraction of sp³-hybridized carbons (Fsp3) is 0.172. The molecule has 0 bridgehead atoms. The third-order valence-corrected chi connectivity index (χ3v) is 6.85. The van der Waals surface area contributed by atoms with Gasteiger partial charge in [0.25, 0.3) is 11.8 Å². The van der Waals surface area contributed by atoms with Crippen LogP contribution < -0.4 is 11.1 Å². The van der Waals surface area contributed by atoms with Crippen molar-refractivity contribution in [1.29, 1.82) is 0 Å². The Morgan fingerprint density at radius 2 is 1.84 bits per heavy atom. The molecule has 3 aromatic heterocycles. The van der Waals surface area contributed by atoms with Crippen molar-refractivity contribution >= 4 is 28.6 Å². The van der Waals surface area contributed by atoms with Crippen LogP contribution in [0.25, 0.3) is 33.2 Å². The quantitative estimate of drug-likeness (QED) is 0.370. The van der Waals surface area contributed by atoms with E-state index in [1.165, 1.54) is 0 Å². The lowest BCUT2D eigenvalue weighted by Crippen LogP contribution is -2.38. The van der Waals surface area contributed by atoms with E-state index in [9.17, 15) is 9.59 Å². The number of nitrogen functional groups attached to an aromatic ring is 1. The highest BCUT2D eigenvalue weighted by Gasteiger charge is 2.30. The second kappa shape index (κ2) is 9.51. The first-order chi connectivity index (χ1) is 18.4. The van der Waals surface area contributed by atoms with Gasteiger partial charge in [0.2, 0.25) is 0 Å². The fourth-order valence-electron chi connectivity index (χ4n) is 4.83. The highest BCUT2D eigenvalue weighted by Crippen LogP contribution is 2.28. The summed E-state index contributed by atoms with van der Waals surface area (Å²) >= 11 is 0. The van der Waals surface area contributed by atoms with Crippen LogP contribution in [0.3, 0.4) is 0 Å². The number of fused-ring (bicyclic) bond motifs is 1. The van der Waals surface area contributed by atoms with E-state index in [0.717, 1.165) is 27.6 Å². The number of hydrogen-bond acceptors (Lipinski definition) is 6. The van der Waals surface area contributed by atoms with Crippen LogP contribution >= 0.6 is 0 Å². The molecule has 0 saturated carbocycles. The molecule has 9 heteroatoms. The van der Waals surface area contributed by atoms with Crippen LogP contribution in [0.4, 0.5) is 5.82 Å². The van der Waals surface area contributed by atoms with Crippen molar-refractivity contribution in [2.24, 2.45) is 7.05 Å². The molecule has 6 rings (SSSR count). The van der Waals surface area contributed by atoms with Gasteiger partial charge in [-0.15, -0.1) is 0 Å². The Labute approximate surface area is 218 Å². The van der Waals surface area contributed by atoms with Gasteiger partial charge in [-0.1, -0.05) is 36.4 Å². The van der Waals surface area contributed by atoms with Crippen molar-refractivity contribution < 1.29 is 14.0 Å². The highest BCUT2D eigenvalue weighted by atomic mass is 16.3. The smallest absolute Gasteiger partial charge is 0.289 e. The van der Waals surface area contributed by atoms with Crippen LogP contribution in [-0.2, 0) is 7.05 Å². The van der Waals surface area contributed by atoms with Gasteiger partial charge in [-0.3, -0.25) is 14.3 Å². The number of amides is 2. The average molecular weight is 507 g/mol. The van der Waals surface area contributed by atoms with Crippen molar-refractivity contribution in [3.63, 3.8) is 0 Å². The van der Waals surface area contributed by atoms with Crippen molar-refractivity contribution in [2.45, 2.75) is 12.5 Å². The summed E-state index contributed by atoms with van der Waals surface area (Å²) in [6, 6.07) is 19.3. The van der Waals surface area contributed by atoms with Crippen LogP contribution in [0.15, 0.2) is 83.7 Å². The predicted octanol–water partition coefficient (Wildman–Crippen LogP) is 4.12. The van der Waals surface area contributed by atoms with E-state index in [0.29, 0.717) is 30.7 Å². The number of carbonyl (C=O) groups is 2. The number of aryl methyl sites for hydroxylation is 1. The average Bonchev–Trinajstić information content (AvgIpc) is 3.68. The Balaban J connectivity index is 1.14. The van der Waals surface area contributed by atoms with E-state index in [-0.39, 0.29) is 29.4 Å². The number of pyridine rings is 1. The van der Waals surface area contributed by atoms with Crippen molar-refractivity contribution in [3.05, 3.63) is 90.6 Å². The normalized spacial score (nSPS) is 15.2. The molecule has 3 N–H and O–H groups in total. The molecule has 0 unspecified atom stereocenters. The SMILES string of the molecule is Cn1cc(-c2cnc(N)c(C(=O)N[C@@H]3CCN(C(=O)c4cc5cc(-c6ccccc6)ccc5o4)C3)c2)cn1. The Morgan fingerprint density at radius 1 is 1.00 bits per heavy atom. The van der Waals surface area contributed by atoms with Gasteiger partial charge < -0.3 is 20.4 Å². The molecule has 1 saturated heterocycles. The minimum atomic E-state index is -0.322. The van der Waals surface area contributed by atoms with E-state index in [1.54, 1.807) is 34.1 Å². The highest BCUT2D eigenvalue weighted by molar-refractivity contribution is 6.00. The van der Waals surface area contributed by atoms with Crippen LogP contribution in [0.5, 0.6) is 0 Å². The van der Waals surface area contributed by atoms with Gasteiger partial charge in [-0.05, 0) is 41.8 Å². The molecule has 0 radical (unpaired) electrons. The number of furan rings is 1. The molecular formula is C29H26N6O3. The zero-order valence-electron chi connectivity index (χ0n) is 20.8. The summed E-state index contributed by atoms with van der Waals surface area (Å²) < 4.78 is 7.56. The van der Waals surface area contributed by atoms with Gasteiger partial charge in [-0.2, -0.15) is 5.10 Å². The first kappa shape index (κ1) is 23.5. The van der Waals surface area contributed by atoms with Crippen LogP contribution in [0.2, 0.25) is 0 Å². The number of anilines is 1. The van der Waals surface area contributed by atoms with Crippen LogP contribution in [-0.4, -0.2) is 50.6 Å². The van der Waals surface area contributed by atoms with E-state index in [2.05, 4.69) is 15.4 Å². The largest absolute Gasteiger partial charge is 0.451 e. The fourth-order valence-corrected chi connectivity index (χ4v) is 4.83. The number of carbonyl (C=O) groups excluding carboxylic acids is 2. The Kier molecular flexibility index (Phi) is 5.88. The maximum Gasteiger partial charge on any atom is 0.289 e. The first-order valence-electron chi connectivity index (χ1n) is 12.4. The minimum Gasteiger partial charge on any atom is -0.451 e. The summed E-state index contributed by atoms with van der Waals surface area (Å²) in [5.41, 5.74) is 10.7. The van der Waals surface area contributed by atoms with Crippen molar-refractivity contribution in [1.82, 2.24) is 25.0 Å². The zero-order chi connectivity index (χ0) is 26.2. The number of hydrogen-bond donors (Lipinski definition) is 2. The van der Waals surface area contributed by atoms with Gasteiger partial charge in [-0.25, -0.2) is 4.98 Å². The predicted molar refractivity (Wildman–Crippen MR) is 144 cm³/mol. The summed E-state index contributed by atoms with van der Waals surface area (Å²) in [5.74, 6) is -0.0794. The van der Waals surface area contributed by atoms with Crippen molar-refractivity contribution in [2.75, 3.05) is 18.8 Å². The molecule has 4 heterocycles. The molecule has 38 heavy (non-hydrogen) atoms. The van der Waals surface area contributed by atoms with E-state index >= 15 is 0 Å². The summed E-state index contributed by atoms with van der Waals surface area (Å²) in [5, 5.41) is 8.04. The summed E-state index contributed by atoms with van der Waals surface area (Å²) in [7, 11) is 1.82. The van der Waals surface area contributed by atoms with E-state index in [1.807, 2.05) is 61.8 Å². The maximum atomic E-state index is 13.2. The molecule has 190 valence electrons. The monoisotopic (exact) mass is 506 g/mol. The van der Waals surface area contributed by atoms with Gasteiger partial charge in [0, 0.05) is 55.1 Å². The molecule has 9 nitrogen and oxygen atoms in total.